The lowest BCUT2D eigenvalue weighted by atomic mass is 10.0. The van der Waals surface area contributed by atoms with Crippen LogP contribution in [-0.4, -0.2) is 74.6 Å². The molecule has 5 aromatic rings. The fourth-order valence-electron chi connectivity index (χ4n) is 7.16. The zero-order valence-corrected chi connectivity index (χ0v) is 35.5. The van der Waals surface area contributed by atoms with Gasteiger partial charge in [0.1, 0.15) is 5.69 Å². The summed E-state index contributed by atoms with van der Waals surface area (Å²) < 4.78 is 14.9. The second-order valence-electron chi connectivity index (χ2n) is 15.3. The second-order valence-corrected chi connectivity index (χ2v) is 18.8. The molecule has 2 N–H and O–H groups in total. The fraction of sp³-hybridized carbons (Fsp3) is 0.318. The summed E-state index contributed by atoms with van der Waals surface area (Å²) in [6, 6.07) is 20.3. The maximum atomic E-state index is 13.7. The minimum absolute atomic E-state index is 0.0993. The van der Waals surface area contributed by atoms with Crippen LogP contribution in [0, 0.1) is 0 Å². The number of imidazole rings is 1. The third kappa shape index (κ3) is 8.91. The van der Waals surface area contributed by atoms with Gasteiger partial charge in [-0.25, -0.2) is 4.98 Å². The number of ketones is 1. The Bertz CT molecular complexity index is 2500. The van der Waals surface area contributed by atoms with Crippen molar-refractivity contribution in [2.75, 3.05) is 35.5 Å². The number of nitrogens with one attached hydrogen (secondary N) is 2. The number of carbonyl (C=O) groups is 4. The molecule has 0 aliphatic carbocycles. The average molecular weight is 834 g/mol. The number of aliphatic imine (C=N–C) groups is 1. The zero-order valence-electron chi connectivity index (χ0n) is 33.9. The normalized spacial score (nSPS) is 14.8. The Kier molecular flexibility index (Phi) is 12.0. The van der Waals surface area contributed by atoms with Crippen molar-refractivity contribution >= 4 is 73.2 Å². The fourth-order valence-corrected chi connectivity index (χ4v) is 7.80. The summed E-state index contributed by atoms with van der Waals surface area (Å²) in [6.07, 6.45) is 9.64. The molecule has 2 atom stereocenters. The number of hydrogen-bond acceptors (Lipinski definition) is 9. The molecular weight excluding hydrogens is 787 g/mol. The second kappa shape index (κ2) is 17.1. The lowest BCUT2D eigenvalue weighted by molar-refractivity contribution is -0.116. The molecule has 59 heavy (non-hydrogen) atoms. The number of benzene rings is 3. The van der Waals surface area contributed by atoms with Crippen LogP contribution in [0.3, 0.4) is 0 Å². The van der Waals surface area contributed by atoms with Gasteiger partial charge in [-0.3, -0.25) is 29.1 Å². The summed E-state index contributed by atoms with van der Waals surface area (Å²) in [5.74, 6) is 0.676. The standard InChI is InChI=1S/C44H47N7O6S2/c1-44(2,59(6)58)18-17-36(52)41-47-39(26-50(41)4)48-42(54)35-21-29(25-49(35)3)27-13-15-30(16-14-27)46-40(53)12-9-19-57-38-23-33-32(22-37(38)56-5)43(55)51-31(24-45-33)20-28-10-7-8-11-34(28)51/h7-8,10-11,13-16,21-26,31H,9,12,17-20H2,1-6H3,(H,46,53)(H,48,54)/t31-,59?/m0/s1. The van der Waals surface area contributed by atoms with Crippen molar-refractivity contribution in [1.29, 1.82) is 0 Å². The van der Waals surface area contributed by atoms with Gasteiger partial charge in [-0.2, -0.15) is 0 Å². The largest absolute Gasteiger partial charge is 0.493 e. The van der Waals surface area contributed by atoms with E-state index in [9.17, 15) is 19.2 Å². The third-order valence-corrected chi connectivity index (χ3v) is 13.9. The number of aromatic nitrogens is 3. The minimum Gasteiger partial charge on any atom is -0.493 e. The van der Waals surface area contributed by atoms with Gasteiger partial charge < -0.3 is 29.2 Å². The van der Waals surface area contributed by atoms with Gasteiger partial charge in [0, 0.05) is 79.7 Å². The van der Waals surface area contributed by atoms with Gasteiger partial charge in [0.2, 0.25) is 5.91 Å². The Morgan fingerprint density at radius 1 is 0.949 bits per heavy atom. The van der Waals surface area contributed by atoms with Crippen molar-refractivity contribution in [1.82, 2.24) is 14.1 Å². The van der Waals surface area contributed by atoms with Crippen LogP contribution >= 0.6 is 0 Å². The van der Waals surface area contributed by atoms with Crippen molar-refractivity contribution in [2.45, 2.75) is 56.7 Å². The predicted molar refractivity (Wildman–Crippen MR) is 236 cm³/mol. The molecule has 0 bridgehead atoms. The van der Waals surface area contributed by atoms with Crippen LogP contribution < -0.4 is 25.0 Å². The Labute approximate surface area is 350 Å². The van der Waals surface area contributed by atoms with Crippen LogP contribution in [0.4, 0.5) is 22.9 Å². The minimum atomic E-state index is -0.359. The maximum absolute atomic E-state index is 13.7. The molecule has 0 saturated carbocycles. The van der Waals surface area contributed by atoms with Gasteiger partial charge in [-0.05, 0) is 60.6 Å². The first kappa shape index (κ1) is 41.2. The van der Waals surface area contributed by atoms with E-state index >= 15 is 0 Å². The van der Waals surface area contributed by atoms with Crippen LogP contribution in [-0.2, 0) is 46.0 Å². The summed E-state index contributed by atoms with van der Waals surface area (Å²) >= 11 is 5.45. The lowest BCUT2D eigenvalue weighted by Gasteiger charge is -2.23. The van der Waals surface area contributed by atoms with Crippen LogP contribution in [0.1, 0.15) is 76.6 Å². The molecule has 2 aliphatic heterocycles. The van der Waals surface area contributed by atoms with Gasteiger partial charge in [-0.1, -0.05) is 55.4 Å². The van der Waals surface area contributed by atoms with Crippen molar-refractivity contribution in [2.24, 2.45) is 19.1 Å². The molecule has 306 valence electrons. The monoisotopic (exact) mass is 833 g/mol. The first-order valence-corrected chi connectivity index (χ1v) is 21.9. The molecule has 0 fully saturated rings. The third-order valence-electron chi connectivity index (χ3n) is 10.8. The molecule has 3 aromatic carbocycles. The summed E-state index contributed by atoms with van der Waals surface area (Å²) in [6.45, 7) is 4.39. The number of ether oxygens (including phenoxy) is 2. The van der Waals surface area contributed by atoms with Crippen LogP contribution in [0.25, 0.3) is 11.1 Å². The number of carbonyl (C=O) groups excluding carboxylic acids is 4. The molecule has 0 saturated heterocycles. The highest BCUT2D eigenvalue weighted by atomic mass is 32.8. The van der Waals surface area contributed by atoms with Crippen LogP contribution in [0.5, 0.6) is 11.5 Å². The number of nitrogens with zero attached hydrogens (tertiary/aromatic N) is 5. The molecule has 1 unspecified atom stereocenters. The van der Waals surface area contributed by atoms with E-state index in [1.54, 1.807) is 52.5 Å². The number of para-hydroxylation sites is 1. The molecular formula is C44H47N7O6S2. The Morgan fingerprint density at radius 2 is 1.71 bits per heavy atom. The van der Waals surface area contributed by atoms with Crippen molar-refractivity contribution in [3.8, 4) is 22.6 Å². The molecule has 3 amide bonds. The highest BCUT2D eigenvalue weighted by Gasteiger charge is 2.36. The van der Waals surface area contributed by atoms with Gasteiger partial charge in [0.25, 0.3) is 11.8 Å². The maximum Gasteiger partial charge on any atom is 0.273 e. The van der Waals surface area contributed by atoms with Gasteiger partial charge in [-0.15, -0.1) is 9.45 Å². The van der Waals surface area contributed by atoms with E-state index in [0.29, 0.717) is 65.6 Å². The molecule has 2 aromatic heterocycles. The smallest absolute Gasteiger partial charge is 0.273 e. The zero-order chi connectivity index (χ0) is 42.0. The van der Waals surface area contributed by atoms with Crippen molar-refractivity contribution < 1.29 is 28.7 Å². The summed E-state index contributed by atoms with van der Waals surface area (Å²) in [5, 5.41) is 5.75. The van der Waals surface area contributed by atoms with E-state index in [0.717, 1.165) is 22.4 Å². The first-order chi connectivity index (χ1) is 28.2. The predicted octanol–water partition coefficient (Wildman–Crippen LogP) is 7.22. The van der Waals surface area contributed by atoms with Gasteiger partial charge in [0.05, 0.1) is 31.0 Å². The molecule has 7 rings (SSSR count). The molecule has 0 radical (unpaired) electrons. The van der Waals surface area contributed by atoms with Crippen molar-refractivity contribution in [3.05, 3.63) is 102 Å². The van der Waals surface area contributed by atoms with Gasteiger partial charge >= 0.3 is 0 Å². The highest BCUT2D eigenvalue weighted by Crippen LogP contribution is 2.41. The van der Waals surface area contributed by atoms with E-state index in [4.69, 9.17) is 20.7 Å². The van der Waals surface area contributed by atoms with Crippen LogP contribution in [0.15, 0.2) is 84.1 Å². The van der Waals surface area contributed by atoms with Crippen LogP contribution in [0.2, 0.25) is 0 Å². The summed E-state index contributed by atoms with van der Waals surface area (Å²) in [5.41, 5.74) is 5.68. The van der Waals surface area contributed by atoms with E-state index in [-0.39, 0.29) is 62.6 Å². The van der Waals surface area contributed by atoms with E-state index in [1.165, 1.54) is 7.11 Å². The Morgan fingerprint density at radius 3 is 2.46 bits per heavy atom. The van der Waals surface area contributed by atoms with Crippen molar-refractivity contribution in [3.63, 3.8) is 0 Å². The molecule has 0 spiro atoms. The number of hydrogen-bond donors (Lipinski definition) is 2. The number of aryl methyl sites for hydroxylation is 2. The van der Waals surface area contributed by atoms with E-state index in [2.05, 4.69) is 34.5 Å². The first-order valence-electron chi connectivity index (χ1n) is 19.3. The number of fused-ring (bicyclic) bond motifs is 4. The summed E-state index contributed by atoms with van der Waals surface area (Å²) in [7, 11) is 4.80. The number of amides is 3. The average Bonchev–Trinajstić information content (AvgIpc) is 3.89. The van der Waals surface area contributed by atoms with E-state index in [1.807, 2.05) is 67.2 Å². The quantitative estimate of drug-likeness (QED) is 0.0830. The lowest BCUT2D eigenvalue weighted by Crippen LogP contribution is -2.37. The van der Waals surface area contributed by atoms with Gasteiger partial charge in [0.15, 0.2) is 28.9 Å². The number of anilines is 3. The molecule has 15 heteroatoms. The highest BCUT2D eigenvalue weighted by molar-refractivity contribution is 8.29. The SMILES string of the molecule is COc1cc2c(cc1OCCCC(=O)Nc1ccc(-c3cc(C(=O)Nc4cn(C)c(C(=O)CCC(C)(C)S(C)=S)n4)n(C)c3)cc1)N=C[C@@H]1Cc3ccccc3N1C2=O. The topological polar surface area (TPSA) is 149 Å². The molecule has 2 aliphatic rings. The number of rotatable bonds is 15. The summed E-state index contributed by atoms with van der Waals surface area (Å²) in [4.78, 5) is 63.6. The molecule has 13 nitrogen and oxygen atoms in total. The number of Topliss-reactive ketones (excluding diaryl/α,β-unsaturated/α-hetero) is 1. The molecule has 4 heterocycles. The Balaban J connectivity index is 0.902. The Hall–Kier alpha value is -5.93. The van der Waals surface area contributed by atoms with E-state index < -0.39 is 0 Å². The number of methoxy groups -OCH3 is 1.